The van der Waals surface area contributed by atoms with Crippen molar-refractivity contribution in [1.82, 2.24) is 0 Å². The lowest BCUT2D eigenvalue weighted by molar-refractivity contribution is -0.137. The van der Waals surface area contributed by atoms with E-state index in [-0.39, 0.29) is 18.1 Å². The first kappa shape index (κ1) is 17.1. The molecule has 0 atom stereocenters. The summed E-state index contributed by atoms with van der Waals surface area (Å²) in [7, 11) is 0. The van der Waals surface area contributed by atoms with Gasteiger partial charge in [-0.05, 0) is 54.7 Å². The molecule has 0 aliphatic heterocycles. The van der Waals surface area contributed by atoms with Crippen LogP contribution in [0.1, 0.15) is 36.8 Å². The van der Waals surface area contributed by atoms with E-state index >= 15 is 0 Å². The highest BCUT2D eigenvalue weighted by Gasteiger charge is 2.45. The van der Waals surface area contributed by atoms with E-state index in [1.165, 1.54) is 12.1 Å². The smallest absolute Gasteiger partial charge is 0.303 e. The maximum absolute atomic E-state index is 13.6. The predicted octanol–water partition coefficient (Wildman–Crippen LogP) is 3.90. The van der Waals surface area contributed by atoms with Crippen LogP contribution in [0.3, 0.4) is 0 Å². The summed E-state index contributed by atoms with van der Waals surface area (Å²) in [6, 6.07) is 13.4. The number of nitrogens with one attached hydrogen (secondary N) is 1. The van der Waals surface area contributed by atoms with E-state index in [0.717, 1.165) is 12.0 Å². The molecule has 0 radical (unpaired) electrons. The first-order valence-corrected chi connectivity index (χ1v) is 8.38. The predicted molar refractivity (Wildman–Crippen MR) is 93.0 cm³/mol. The Labute approximate surface area is 145 Å². The maximum atomic E-state index is 13.6. The Morgan fingerprint density at radius 3 is 2.52 bits per heavy atom. The summed E-state index contributed by atoms with van der Waals surface area (Å²) >= 11 is 0. The first-order chi connectivity index (χ1) is 12.0. The molecule has 3 rings (SSSR count). The number of hydrogen-bond acceptors (Lipinski definition) is 2. The normalized spacial score (nSPS) is 15.2. The third kappa shape index (κ3) is 3.71. The number of anilines is 1. The molecule has 1 aliphatic rings. The molecule has 2 N–H and O–H groups in total. The third-order valence-electron chi connectivity index (χ3n) is 4.83. The molecule has 0 saturated heterocycles. The molecule has 1 saturated carbocycles. The Morgan fingerprint density at radius 1 is 1.12 bits per heavy atom. The molecular formula is C20H20FNO3. The van der Waals surface area contributed by atoms with Gasteiger partial charge in [-0.25, -0.2) is 4.39 Å². The van der Waals surface area contributed by atoms with Gasteiger partial charge in [-0.3, -0.25) is 9.59 Å². The van der Waals surface area contributed by atoms with Gasteiger partial charge in [0, 0.05) is 12.1 Å². The summed E-state index contributed by atoms with van der Waals surface area (Å²) in [6.45, 7) is 0. The van der Waals surface area contributed by atoms with E-state index < -0.39 is 11.4 Å². The fourth-order valence-electron chi connectivity index (χ4n) is 3.27. The second kappa shape index (κ2) is 7.05. The number of carbonyl (C=O) groups is 2. The van der Waals surface area contributed by atoms with E-state index in [2.05, 4.69) is 5.32 Å². The van der Waals surface area contributed by atoms with E-state index in [9.17, 15) is 14.0 Å². The molecule has 25 heavy (non-hydrogen) atoms. The number of halogens is 1. The summed E-state index contributed by atoms with van der Waals surface area (Å²) in [5.74, 6) is -1.33. The fraction of sp³-hybridized carbons (Fsp3) is 0.300. The minimum atomic E-state index is -0.853. The van der Waals surface area contributed by atoms with Crippen LogP contribution in [0.25, 0.3) is 0 Å². The van der Waals surface area contributed by atoms with Gasteiger partial charge >= 0.3 is 5.97 Å². The Balaban J connectivity index is 1.77. The zero-order valence-corrected chi connectivity index (χ0v) is 13.8. The van der Waals surface area contributed by atoms with E-state index in [1.54, 1.807) is 30.3 Å². The number of aryl methyl sites for hydroxylation is 1. The van der Waals surface area contributed by atoms with Crippen LogP contribution in [0.15, 0.2) is 48.5 Å². The average Bonchev–Trinajstić information content (AvgIpc) is 2.52. The molecule has 0 aromatic heterocycles. The summed E-state index contributed by atoms with van der Waals surface area (Å²) < 4.78 is 13.6. The quantitative estimate of drug-likeness (QED) is 0.837. The summed E-state index contributed by atoms with van der Waals surface area (Å²) in [4.78, 5) is 23.6. The van der Waals surface area contributed by atoms with Crippen LogP contribution in [-0.2, 0) is 21.4 Å². The lowest BCUT2D eigenvalue weighted by Gasteiger charge is -2.40. The molecule has 0 heterocycles. The SMILES string of the molecule is O=C(O)CCc1cccc(NC(=O)C2(c3cccc(F)c3)CCC2)c1. The zero-order valence-electron chi connectivity index (χ0n) is 13.8. The van der Waals surface area contributed by atoms with Crippen LogP contribution >= 0.6 is 0 Å². The highest BCUT2D eigenvalue weighted by atomic mass is 19.1. The van der Waals surface area contributed by atoms with Crippen LogP contribution in [0.4, 0.5) is 10.1 Å². The van der Waals surface area contributed by atoms with Crippen molar-refractivity contribution in [1.29, 1.82) is 0 Å². The molecule has 130 valence electrons. The zero-order chi connectivity index (χ0) is 17.9. The minimum Gasteiger partial charge on any atom is -0.481 e. The molecule has 1 aliphatic carbocycles. The monoisotopic (exact) mass is 341 g/mol. The van der Waals surface area contributed by atoms with Gasteiger partial charge in [0.2, 0.25) is 5.91 Å². The molecule has 1 fully saturated rings. The molecule has 4 nitrogen and oxygen atoms in total. The topological polar surface area (TPSA) is 66.4 Å². The average molecular weight is 341 g/mol. The number of amides is 1. The van der Waals surface area contributed by atoms with Crippen molar-refractivity contribution in [3.05, 3.63) is 65.5 Å². The van der Waals surface area contributed by atoms with Gasteiger partial charge < -0.3 is 10.4 Å². The Kier molecular flexibility index (Phi) is 4.83. The molecule has 0 bridgehead atoms. The van der Waals surface area contributed by atoms with Gasteiger partial charge in [-0.1, -0.05) is 30.7 Å². The van der Waals surface area contributed by atoms with Gasteiger partial charge in [-0.15, -0.1) is 0 Å². The number of carboxylic acids is 1. The Morgan fingerprint density at radius 2 is 1.88 bits per heavy atom. The van der Waals surface area contributed by atoms with Gasteiger partial charge in [-0.2, -0.15) is 0 Å². The number of hydrogen-bond donors (Lipinski definition) is 2. The number of rotatable bonds is 6. The summed E-state index contributed by atoms with van der Waals surface area (Å²) in [5.41, 5.74) is 1.52. The fourth-order valence-corrected chi connectivity index (χ4v) is 3.27. The van der Waals surface area contributed by atoms with Crippen LogP contribution in [-0.4, -0.2) is 17.0 Å². The van der Waals surface area contributed by atoms with Crippen LogP contribution in [0.5, 0.6) is 0 Å². The van der Waals surface area contributed by atoms with E-state index in [4.69, 9.17) is 5.11 Å². The largest absolute Gasteiger partial charge is 0.481 e. The van der Waals surface area contributed by atoms with Crippen molar-refractivity contribution in [3.8, 4) is 0 Å². The van der Waals surface area contributed by atoms with E-state index in [0.29, 0.717) is 30.5 Å². The van der Waals surface area contributed by atoms with Gasteiger partial charge in [0.15, 0.2) is 0 Å². The number of carbonyl (C=O) groups excluding carboxylic acids is 1. The van der Waals surface area contributed by atoms with Crippen LogP contribution in [0.2, 0.25) is 0 Å². The molecule has 1 amide bonds. The van der Waals surface area contributed by atoms with Crippen molar-refractivity contribution < 1.29 is 19.1 Å². The number of aliphatic carboxylic acids is 1. The lowest BCUT2D eigenvalue weighted by atomic mass is 9.63. The number of carboxylic acid groups (broad SMARTS) is 1. The highest BCUT2D eigenvalue weighted by molar-refractivity contribution is 6.00. The molecule has 5 heteroatoms. The first-order valence-electron chi connectivity index (χ1n) is 8.38. The van der Waals surface area contributed by atoms with Crippen molar-refractivity contribution >= 4 is 17.6 Å². The lowest BCUT2D eigenvalue weighted by Crippen LogP contribution is -2.46. The molecule has 0 spiro atoms. The van der Waals surface area contributed by atoms with Crippen molar-refractivity contribution in [2.75, 3.05) is 5.32 Å². The maximum Gasteiger partial charge on any atom is 0.303 e. The van der Waals surface area contributed by atoms with Gasteiger partial charge in [0.05, 0.1) is 5.41 Å². The summed E-state index contributed by atoms with van der Waals surface area (Å²) in [5, 5.41) is 11.7. The van der Waals surface area contributed by atoms with E-state index in [1.807, 2.05) is 6.07 Å². The molecular weight excluding hydrogens is 321 g/mol. The summed E-state index contributed by atoms with van der Waals surface area (Å²) in [6.07, 6.45) is 2.78. The second-order valence-corrected chi connectivity index (χ2v) is 6.49. The van der Waals surface area contributed by atoms with Crippen molar-refractivity contribution in [2.24, 2.45) is 0 Å². The number of benzene rings is 2. The van der Waals surface area contributed by atoms with Gasteiger partial charge in [0.25, 0.3) is 0 Å². The standard InChI is InChI=1S/C20H20FNO3/c21-16-6-2-5-15(13-16)20(10-3-11-20)19(25)22-17-7-1-4-14(12-17)8-9-18(23)24/h1-2,4-7,12-13H,3,8-11H2,(H,22,25)(H,23,24). The molecule has 2 aromatic carbocycles. The van der Waals surface area contributed by atoms with Crippen molar-refractivity contribution in [3.63, 3.8) is 0 Å². The van der Waals surface area contributed by atoms with Crippen LogP contribution < -0.4 is 5.32 Å². The van der Waals surface area contributed by atoms with Crippen LogP contribution in [0, 0.1) is 5.82 Å². The Hall–Kier alpha value is -2.69. The third-order valence-corrected chi connectivity index (χ3v) is 4.83. The minimum absolute atomic E-state index is 0.0463. The molecule has 2 aromatic rings. The molecule has 0 unspecified atom stereocenters. The van der Waals surface area contributed by atoms with Gasteiger partial charge in [0.1, 0.15) is 5.82 Å². The highest BCUT2D eigenvalue weighted by Crippen LogP contribution is 2.44. The van der Waals surface area contributed by atoms with Crippen molar-refractivity contribution in [2.45, 2.75) is 37.5 Å². The Bertz CT molecular complexity index is 799. The second-order valence-electron chi connectivity index (χ2n) is 6.49.